The van der Waals surface area contributed by atoms with Crippen LogP contribution in [0.15, 0.2) is 24.4 Å². The molecular weight excluding hydrogens is 188 g/mol. The molecule has 0 saturated heterocycles. The Morgan fingerprint density at radius 2 is 2.33 bits per heavy atom. The molecule has 0 aliphatic heterocycles. The number of ether oxygens (including phenoxy) is 1. The van der Waals surface area contributed by atoms with E-state index in [4.69, 9.17) is 4.74 Å². The summed E-state index contributed by atoms with van der Waals surface area (Å²) in [6.07, 6.45) is 3.90. The van der Waals surface area contributed by atoms with E-state index in [1.54, 1.807) is 7.11 Å². The Morgan fingerprint density at radius 3 is 2.93 bits per heavy atom. The molecular formula is C12H20N2O. The lowest BCUT2D eigenvalue weighted by Gasteiger charge is -2.15. The fraction of sp³-hybridized carbons (Fsp3) is 0.583. The highest BCUT2D eigenvalue weighted by atomic mass is 16.5. The highest BCUT2D eigenvalue weighted by Gasteiger charge is 2.03. The van der Waals surface area contributed by atoms with Crippen molar-refractivity contribution in [1.82, 2.24) is 10.3 Å². The quantitative estimate of drug-likeness (QED) is 0.739. The highest BCUT2D eigenvalue weighted by molar-refractivity contribution is 5.03. The van der Waals surface area contributed by atoms with Crippen molar-refractivity contribution in [1.29, 1.82) is 0 Å². The molecule has 0 bridgehead atoms. The minimum atomic E-state index is 0.457. The van der Waals surface area contributed by atoms with Crippen molar-refractivity contribution in [3.8, 4) is 0 Å². The van der Waals surface area contributed by atoms with E-state index in [0.717, 1.165) is 31.7 Å². The van der Waals surface area contributed by atoms with Crippen LogP contribution in [0.25, 0.3) is 0 Å². The van der Waals surface area contributed by atoms with E-state index in [-0.39, 0.29) is 0 Å². The largest absolute Gasteiger partial charge is 0.383 e. The van der Waals surface area contributed by atoms with Gasteiger partial charge in [0, 0.05) is 38.0 Å². The molecule has 1 N–H and O–H groups in total. The van der Waals surface area contributed by atoms with Crippen LogP contribution in [0.4, 0.5) is 0 Å². The van der Waals surface area contributed by atoms with Gasteiger partial charge in [0.2, 0.25) is 0 Å². The van der Waals surface area contributed by atoms with Crippen molar-refractivity contribution in [3.63, 3.8) is 0 Å². The second kappa shape index (κ2) is 7.37. The molecule has 3 nitrogen and oxygen atoms in total. The minimum Gasteiger partial charge on any atom is -0.383 e. The first kappa shape index (κ1) is 12.1. The molecule has 0 aromatic carbocycles. The number of methoxy groups -OCH3 is 1. The standard InChI is InChI=1S/C12H20N2O/c1-3-11(10-15-2)14-9-7-12-6-4-5-8-13-12/h4-6,8,11,14H,3,7,9-10H2,1-2H3. The van der Waals surface area contributed by atoms with Crippen molar-refractivity contribution in [2.24, 2.45) is 0 Å². The van der Waals surface area contributed by atoms with Crippen LogP contribution in [-0.2, 0) is 11.2 Å². The van der Waals surface area contributed by atoms with E-state index in [1.165, 1.54) is 0 Å². The fourth-order valence-corrected chi connectivity index (χ4v) is 1.47. The van der Waals surface area contributed by atoms with Crippen LogP contribution in [-0.4, -0.2) is 31.3 Å². The molecule has 0 aliphatic carbocycles. The van der Waals surface area contributed by atoms with E-state index in [9.17, 15) is 0 Å². The number of hydrogen-bond acceptors (Lipinski definition) is 3. The summed E-state index contributed by atoms with van der Waals surface area (Å²) in [6, 6.07) is 6.48. The summed E-state index contributed by atoms with van der Waals surface area (Å²) in [7, 11) is 1.74. The predicted octanol–water partition coefficient (Wildman–Crippen LogP) is 1.64. The summed E-state index contributed by atoms with van der Waals surface area (Å²) < 4.78 is 5.12. The van der Waals surface area contributed by atoms with Crippen molar-refractivity contribution < 1.29 is 4.74 Å². The Kier molecular flexibility index (Phi) is 5.97. The summed E-state index contributed by atoms with van der Waals surface area (Å²) in [6.45, 7) is 3.90. The zero-order valence-corrected chi connectivity index (χ0v) is 9.57. The van der Waals surface area contributed by atoms with E-state index in [2.05, 4.69) is 23.3 Å². The van der Waals surface area contributed by atoms with E-state index in [0.29, 0.717) is 6.04 Å². The first-order valence-corrected chi connectivity index (χ1v) is 5.49. The molecule has 84 valence electrons. The Hall–Kier alpha value is -0.930. The summed E-state index contributed by atoms with van der Waals surface area (Å²) >= 11 is 0. The van der Waals surface area contributed by atoms with Gasteiger partial charge in [-0.1, -0.05) is 13.0 Å². The summed E-state index contributed by atoms with van der Waals surface area (Å²) in [5.74, 6) is 0. The van der Waals surface area contributed by atoms with Gasteiger partial charge >= 0.3 is 0 Å². The monoisotopic (exact) mass is 208 g/mol. The summed E-state index contributed by atoms with van der Waals surface area (Å²) in [5, 5.41) is 3.45. The summed E-state index contributed by atoms with van der Waals surface area (Å²) in [4.78, 5) is 4.28. The Bertz CT molecular complexity index is 251. The van der Waals surface area contributed by atoms with Gasteiger partial charge in [0.1, 0.15) is 0 Å². The molecule has 0 spiro atoms. The van der Waals surface area contributed by atoms with E-state index in [1.807, 2.05) is 18.3 Å². The van der Waals surface area contributed by atoms with Gasteiger partial charge in [-0.05, 0) is 18.6 Å². The zero-order chi connectivity index (χ0) is 10.9. The van der Waals surface area contributed by atoms with Gasteiger partial charge in [0.05, 0.1) is 6.61 Å². The van der Waals surface area contributed by atoms with Crippen LogP contribution in [0.5, 0.6) is 0 Å². The molecule has 1 aromatic rings. The fourth-order valence-electron chi connectivity index (χ4n) is 1.47. The van der Waals surface area contributed by atoms with Crippen LogP contribution >= 0.6 is 0 Å². The molecule has 0 fully saturated rings. The van der Waals surface area contributed by atoms with Gasteiger partial charge in [-0.15, -0.1) is 0 Å². The lowest BCUT2D eigenvalue weighted by molar-refractivity contribution is 0.164. The second-order valence-corrected chi connectivity index (χ2v) is 3.59. The predicted molar refractivity (Wildman–Crippen MR) is 61.9 cm³/mol. The molecule has 3 heteroatoms. The maximum absolute atomic E-state index is 5.12. The Morgan fingerprint density at radius 1 is 1.47 bits per heavy atom. The SMILES string of the molecule is CCC(COC)NCCc1ccccn1. The van der Waals surface area contributed by atoms with Crippen molar-refractivity contribution in [2.75, 3.05) is 20.3 Å². The van der Waals surface area contributed by atoms with Crippen LogP contribution in [0.1, 0.15) is 19.0 Å². The Balaban J connectivity index is 2.20. The molecule has 0 aliphatic rings. The summed E-state index contributed by atoms with van der Waals surface area (Å²) in [5.41, 5.74) is 1.14. The smallest absolute Gasteiger partial charge is 0.0615 e. The van der Waals surface area contributed by atoms with Crippen LogP contribution in [0, 0.1) is 0 Å². The number of nitrogens with one attached hydrogen (secondary N) is 1. The average Bonchev–Trinajstić information content (AvgIpc) is 2.29. The third-order valence-electron chi connectivity index (χ3n) is 2.40. The molecule has 0 radical (unpaired) electrons. The van der Waals surface area contributed by atoms with E-state index >= 15 is 0 Å². The number of aromatic nitrogens is 1. The van der Waals surface area contributed by atoms with Gasteiger partial charge in [-0.2, -0.15) is 0 Å². The topological polar surface area (TPSA) is 34.1 Å². The number of pyridine rings is 1. The van der Waals surface area contributed by atoms with Crippen LogP contribution in [0.3, 0.4) is 0 Å². The number of nitrogens with zero attached hydrogens (tertiary/aromatic N) is 1. The molecule has 1 aromatic heterocycles. The van der Waals surface area contributed by atoms with Gasteiger partial charge in [-0.25, -0.2) is 0 Å². The molecule has 15 heavy (non-hydrogen) atoms. The van der Waals surface area contributed by atoms with Gasteiger partial charge < -0.3 is 10.1 Å². The molecule has 1 rings (SSSR count). The van der Waals surface area contributed by atoms with Gasteiger partial charge in [-0.3, -0.25) is 4.98 Å². The Labute approximate surface area is 91.9 Å². The van der Waals surface area contributed by atoms with Crippen molar-refractivity contribution in [2.45, 2.75) is 25.8 Å². The average molecular weight is 208 g/mol. The molecule has 1 atom stereocenters. The second-order valence-electron chi connectivity index (χ2n) is 3.59. The first-order chi connectivity index (χ1) is 7.36. The van der Waals surface area contributed by atoms with Crippen molar-refractivity contribution in [3.05, 3.63) is 30.1 Å². The third-order valence-corrected chi connectivity index (χ3v) is 2.40. The van der Waals surface area contributed by atoms with Gasteiger partial charge in [0.15, 0.2) is 0 Å². The van der Waals surface area contributed by atoms with Gasteiger partial charge in [0.25, 0.3) is 0 Å². The molecule has 1 heterocycles. The highest BCUT2D eigenvalue weighted by Crippen LogP contribution is 1.95. The van der Waals surface area contributed by atoms with Crippen LogP contribution < -0.4 is 5.32 Å². The van der Waals surface area contributed by atoms with E-state index < -0.39 is 0 Å². The molecule has 0 saturated carbocycles. The zero-order valence-electron chi connectivity index (χ0n) is 9.57. The number of hydrogen-bond donors (Lipinski definition) is 1. The minimum absolute atomic E-state index is 0.457. The maximum atomic E-state index is 5.12. The lowest BCUT2D eigenvalue weighted by atomic mass is 10.2. The third kappa shape index (κ3) is 4.91. The normalized spacial score (nSPS) is 12.7. The molecule has 1 unspecified atom stereocenters. The van der Waals surface area contributed by atoms with Crippen LogP contribution in [0.2, 0.25) is 0 Å². The number of rotatable bonds is 7. The maximum Gasteiger partial charge on any atom is 0.0615 e. The molecule has 0 amide bonds. The van der Waals surface area contributed by atoms with Crippen molar-refractivity contribution >= 4 is 0 Å². The first-order valence-electron chi connectivity index (χ1n) is 5.49. The lowest BCUT2D eigenvalue weighted by Crippen LogP contribution is -2.34.